The van der Waals surface area contributed by atoms with Crippen molar-refractivity contribution < 1.29 is 8.42 Å². The van der Waals surface area contributed by atoms with Gasteiger partial charge in [-0.1, -0.05) is 127 Å². The number of aromatic nitrogens is 2. The van der Waals surface area contributed by atoms with Crippen molar-refractivity contribution in [2.45, 2.75) is 15.2 Å². The third kappa shape index (κ3) is 3.31. The lowest BCUT2D eigenvalue weighted by atomic mass is 9.67. The van der Waals surface area contributed by atoms with E-state index < -0.39 is 15.3 Å². The second kappa shape index (κ2) is 9.38. The first-order chi connectivity index (χ1) is 23.1. The molecule has 4 nitrogen and oxygen atoms in total. The number of benzene rings is 6. The summed E-state index contributed by atoms with van der Waals surface area (Å²) in [5.74, 6) is 0.734. The Kier molecular flexibility index (Phi) is 5.28. The van der Waals surface area contributed by atoms with Crippen molar-refractivity contribution in [3.05, 3.63) is 180 Å². The minimum atomic E-state index is -3.94. The fraction of sp³-hybridized carbons (Fsp3) is 0.0238. The van der Waals surface area contributed by atoms with Gasteiger partial charge in [-0.3, -0.25) is 4.57 Å². The van der Waals surface area contributed by atoms with Crippen molar-refractivity contribution in [3.63, 3.8) is 0 Å². The molecule has 0 fully saturated rings. The Balaban J connectivity index is 1.37. The number of pyridine rings is 1. The average molecular weight is 623 g/mol. The van der Waals surface area contributed by atoms with Gasteiger partial charge in [0.25, 0.3) is 0 Å². The minimum Gasteiger partial charge on any atom is -0.294 e. The van der Waals surface area contributed by atoms with Crippen LogP contribution in [0.2, 0.25) is 0 Å². The first kappa shape index (κ1) is 26.4. The zero-order valence-corrected chi connectivity index (χ0v) is 25.9. The molecular formula is C42H26N2O2S. The molecule has 222 valence electrons. The van der Waals surface area contributed by atoms with E-state index in [0.717, 1.165) is 72.3 Å². The zero-order chi connectivity index (χ0) is 31.3. The SMILES string of the molecule is O=S1(=O)c2ccccc2C2(c3ccccc3-c3ccccc32)c2ccc3c(c21)c1ccccc1n3-c1cccc(-c2ccccc2)n1. The number of hydrogen-bond donors (Lipinski definition) is 0. The van der Waals surface area contributed by atoms with Crippen LogP contribution in [0.1, 0.15) is 22.3 Å². The van der Waals surface area contributed by atoms with Crippen molar-refractivity contribution in [3.8, 4) is 28.2 Å². The molecule has 10 rings (SSSR count). The van der Waals surface area contributed by atoms with Crippen molar-refractivity contribution >= 4 is 31.6 Å². The summed E-state index contributed by atoms with van der Waals surface area (Å²) in [5.41, 5.74) is 8.84. The molecule has 1 aliphatic carbocycles. The van der Waals surface area contributed by atoms with Crippen LogP contribution in [0.3, 0.4) is 0 Å². The number of nitrogens with zero attached hydrogens (tertiary/aromatic N) is 2. The lowest BCUT2D eigenvalue weighted by Gasteiger charge is -2.39. The molecule has 0 saturated heterocycles. The number of sulfone groups is 1. The molecule has 1 aliphatic heterocycles. The fourth-order valence-electron chi connectivity index (χ4n) is 8.25. The Morgan fingerprint density at radius 3 is 1.91 bits per heavy atom. The minimum absolute atomic E-state index is 0.354. The molecular weight excluding hydrogens is 597 g/mol. The van der Waals surface area contributed by atoms with Crippen LogP contribution in [0.25, 0.3) is 50.0 Å². The molecule has 8 aromatic rings. The van der Waals surface area contributed by atoms with E-state index in [1.165, 1.54) is 0 Å². The summed E-state index contributed by atoms with van der Waals surface area (Å²) in [6.07, 6.45) is 0. The lowest BCUT2D eigenvalue weighted by molar-refractivity contribution is 0.582. The Labute approximate surface area is 272 Å². The summed E-state index contributed by atoms with van der Waals surface area (Å²) in [6, 6.07) is 52.8. The summed E-state index contributed by atoms with van der Waals surface area (Å²) >= 11 is 0. The van der Waals surface area contributed by atoms with E-state index in [4.69, 9.17) is 4.98 Å². The quantitative estimate of drug-likeness (QED) is 0.193. The predicted molar refractivity (Wildman–Crippen MR) is 187 cm³/mol. The van der Waals surface area contributed by atoms with Gasteiger partial charge < -0.3 is 0 Å². The highest BCUT2D eigenvalue weighted by Gasteiger charge is 2.54. The van der Waals surface area contributed by atoms with Gasteiger partial charge in [0, 0.05) is 16.3 Å². The van der Waals surface area contributed by atoms with Gasteiger partial charge in [0.05, 0.1) is 31.9 Å². The highest BCUT2D eigenvalue weighted by atomic mass is 32.2. The van der Waals surface area contributed by atoms with Gasteiger partial charge >= 0.3 is 0 Å². The van der Waals surface area contributed by atoms with Gasteiger partial charge in [-0.15, -0.1) is 0 Å². The maximum Gasteiger partial charge on any atom is 0.207 e. The zero-order valence-electron chi connectivity index (χ0n) is 25.1. The average Bonchev–Trinajstić information content (AvgIpc) is 3.62. The van der Waals surface area contributed by atoms with Gasteiger partial charge in [0.1, 0.15) is 5.82 Å². The lowest BCUT2D eigenvalue weighted by Crippen LogP contribution is -2.36. The van der Waals surface area contributed by atoms with E-state index in [2.05, 4.69) is 83.4 Å². The van der Waals surface area contributed by atoms with Gasteiger partial charge in [0.15, 0.2) is 0 Å². The largest absolute Gasteiger partial charge is 0.294 e. The second-order valence-corrected chi connectivity index (χ2v) is 14.1. The highest BCUT2D eigenvalue weighted by Crippen LogP contribution is 2.61. The van der Waals surface area contributed by atoms with Crippen LogP contribution >= 0.6 is 0 Å². The third-order valence-corrected chi connectivity index (χ3v) is 11.9. The van der Waals surface area contributed by atoms with Gasteiger partial charge in [0.2, 0.25) is 9.84 Å². The normalized spacial score (nSPS) is 14.9. The summed E-state index contributed by atoms with van der Waals surface area (Å²) in [7, 11) is -3.94. The van der Waals surface area contributed by atoms with Crippen LogP contribution in [0.5, 0.6) is 0 Å². The van der Waals surface area contributed by atoms with Crippen molar-refractivity contribution in [1.29, 1.82) is 0 Å². The predicted octanol–water partition coefficient (Wildman–Crippen LogP) is 9.35. The molecule has 0 bridgehead atoms. The molecule has 0 saturated carbocycles. The molecule has 6 aromatic carbocycles. The van der Waals surface area contributed by atoms with E-state index in [1.807, 2.05) is 72.8 Å². The number of rotatable bonds is 2. The summed E-state index contributed by atoms with van der Waals surface area (Å²) in [5, 5.41) is 1.60. The molecule has 2 aromatic heterocycles. The van der Waals surface area contributed by atoms with Gasteiger partial charge in [-0.2, -0.15) is 0 Å². The molecule has 0 atom stereocenters. The fourth-order valence-corrected chi connectivity index (χ4v) is 10.2. The van der Waals surface area contributed by atoms with Crippen LogP contribution in [0.4, 0.5) is 0 Å². The Bertz CT molecular complexity index is 2660. The number of para-hydroxylation sites is 1. The maximum atomic E-state index is 15.1. The van der Waals surface area contributed by atoms with Crippen LogP contribution in [-0.4, -0.2) is 18.0 Å². The Morgan fingerprint density at radius 2 is 1.15 bits per heavy atom. The molecule has 2 aliphatic rings. The van der Waals surface area contributed by atoms with E-state index >= 15 is 8.42 Å². The van der Waals surface area contributed by atoms with Crippen LogP contribution in [0, 0.1) is 0 Å². The van der Waals surface area contributed by atoms with E-state index in [1.54, 1.807) is 6.07 Å². The molecule has 0 radical (unpaired) electrons. The number of hydrogen-bond acceptors (Lipinski definition) is 3. The summed E-state index contributed by atoms with van der Waals surface area (Å²) in [4.78, 5) is 5.84. The molecule has 47 heavy (non-hydrogen) atoms. The Hall–Kier alpha value is -5.78. The third-order valence-electron chi connectivity index (χ3n) is 10.0. The van der Waals surface area contributed by atoms with Gasteiger partial charge in [-0.05, 0) is 63.7 Å². The first-order valence-electron chi connectivity index (χ1n) is 15.7. The standard InChI is InChI=1S/C42H26N2O2S/c45-47(46)38-23-11-9-20-33(38)42(31-18-7-4-15-28(31)29-16-5-8-19-32(29)42)34-25-26-37-40(41(34)47)30-17-6-10-22-36(30)44(37)39-24-12-21-35(43-39)27-13-2-1-3-14-27/h1-26H. The summed E-state index contributed by atoms with van der Waals surface area (Å²) in [6.45, 7) is 0. The monoisotopic (exact) mass is 622 g/mol. The van der Waals surface area contributed by atoms with E-state index in [-0.39, 0.29) is 0 Å². The molecule has 0 unspecified atom stereocenters. The topological polar surface area (TPSA) is 52.0 Å². The Morgan fingerprint density at radius 1 is 0.511 bits per heavy atom. The second-order valence-electron chi connectivity index (χ2n) is 12.3. The van der Waals surface area contributed by atoms with Crippen LogP contribution in [0.15, 0.2) is 168 Å². The van der Waals surface area contributed by atoms with Crippen LogP contribution < -0.4 is 0 Å². The molecule has 0 N–H and O–H groups in total. The van der Waals surface area contributed by atoms with E-state index in [0.29, 0.717) is 9.79 Å². The number of fused-ring (bicyclic) bond motifs is 13. The van der Waals surface area contributed by atoms with Crippen molar-refractivity contribution in [1.82, 2.24) is 9.55 Å². The maximum absolute atomic E-state index is 15.1. The summed E-state index contributed by atoms with van der Waals surface area (Å²) < 4.78 is 32.3. The van der Waals surface area contributed by atoms with E-state index in [9.17, 15) is 0 Å². The van der Waals surface area contributed by atoms with Crippen molar-refractivity contribution in [2.75, 3.05) is 0 Å². The van der Waals surface area contributed by atoms with Crippen LogP contribution in [-0.2, 0) is 15.3 Å². The highest BCUT2D eigenvalue weighted by molar-refractivity contribution is 7.92. The first-order valence-corrected chi connectivity index (χ1v) is 17.2. The molecule has 5 heteroatoms. The smallest absolute Gasteiger partial charge is 0.207 e. The van der Waals surface area contributed by atoms with Crippen molar-refractivity contribution in [2.24, 2.45) is 0 Å². The molecule has 1 spiro atoms. The van der Waals surface area contributed by atoms with Gasteiger partial charge in [-0.25, -0.2) is 13.4 Å². The molecule has 0 amide bonds. The molecule has 3 heterocycles.